The Kier molecular flexibility index (Phi) is 16.4. The van der Waals surface area contributed by atoms with Crippen LogP contribution >= 0.6 is 0 Å². The van der Waals surface area contributed by atoms with Crippen LogP contribution in [0.1, 0.15) is 39.0 Å². The molecule has 1 amide bonds. The van der Waals surface area contributed by atoms with Crippen molar-refractivity contribution in [3.63, 3.8) is 0 Å². The van der Waals surface area contributed by atoms with Crippen LogP contribution in [0, 0.1) is 0 Å². The van der Waals surface area contributed by atoms with Gasteiger partial charge in [-0.3, -0.25) is 9.59 Å². The molecule has 1 unspecified atom stereocenters. The predicted octanol–water partition coefficient (Wildman–Crippen LogP) is -3.72. The van der Waals surface area contributed by atoms with Crippen molar-refractivity contribution in [3.05, 3.63) is 12.2 Å². The van der Waals surface area contributed by atoms with E-state index in [-0.39, 0.29) is 81.3 Å². The van der Waals surface area contributed by atoms with Gasteiger partial charge in [-0.2, -0.15) is 0 Å². The summed E-state index contributed by atoms with van der Waals surface area (Å²) < 4.78 is 0.114. The molecule has 1 atom stereocenters. The Bertz CT molecular complexity index is 439. The molecule has 0 saturated heterocycles. The molecule has 0 radical (unpaired) electrons. The SMILES string of the molecule is CCC/C=C/CC(=O)NCC[N+](CCO)(CCC(=O)[O-])CCC(=O)O.[Li+]. The summed E-state index contributed by atoms with van der Waals surface area (Å²) in [6.45, 7) is 3.07. The van der Waals surface area contributed by atoms with Crippen molar-refractivity contribution in [1.82, 2.24) is 5.32 Å². The minimum Gasteiger partial charge on any atom is -0.550 e. The summed E-state index contributed by atoms with van der Waals surface area (Å²) >= 11 is 0. The van der Waals surface area contributed by atoms with Crippen LogP contribution < -0.4 is 29.3 Å². The molecule has 0 heterocycles. The molecule has 0 aromatic carbocycles. The number of amides is 1. The van der Waals surface area contributed by atoms with Crippen molar-refractivity contribution in [1.29, 1.82) is 0 Å². The summed E-state index contributed by atoms with van der Waals surface area (Å²) in [5.41, 5.74) is 0. The van der Waals surface area contributed by atoms with Crippen molar-refractivity contribution in [3.8, 4) is 0 Å². The van der Waals surface area contributed by atoms with Gasteiger partial charge in [-0.05, 0) is 6.42 Å². The average Bonchev–Trinajstić information content (AvgIpc) is 2.55. The van der Waals surface area contributed by atoms with E-state index in [1.807, 2.05) is 13.0 Å². The maximum absolute atomic E-state index is 11.8. The Morgan fingerprint density at radius 1 is 1.08 bits per heavy atom. The standard InChI is InChI=1S/C17H30N2O6.Li/c1-2-3-4-5-6-15(21)18-9-12-19(13-14-20,10-7-16(22)23)11-8-17(24)25;/h4-5,20H,2-3,6-14H2,1H3,(H2-,18,21,22,23,24,25);/q;+1/b5-4+;. The molecule has 0 rings (SSSR count). The zero-order valence-corrected chi connectivity index (χ0v) is 15.9. The van der Waals surface area contributed by atoms with Crippen molar-refractivity contribution < 1.29 is 53.0 Å². The molecule has 0 aliphatic carbocycles. The van der Waals surface area contributed by atoms with Gasteiger partial charge in [0.2, 0.25) is 5.91 Å². The monoisotopic (exact) mass is 365 g/mol. The van der Waals surface area contributed by atoms with Gasteiger partial charge in [-0.25, -0.2) is 0 Å². The number of aliphatic hydroxyl groups excluding tert-OH is 1. The summed E-state index contributed by atoms with van der Waals surface area (Å²) in [4.78, 5) is 33.4. The van der Waals surface area contributed by atoms with E-state index in [0.29, 0.717) is 6.54 Å². The first-order valence-corrected chi connectivity index (χ1v) is 8.64. The van der Waals surface area contributed by atoms with Gasteiger partial charge >= 0.3 is 24.8 Å². The Labute approximate surface area is 167 Å². The first kappa shape index (κ1) is 26.9. The van der Waals surface area contributed by atoms with Gasteiger partial charge in [0.15, 0.2) is 0 Å². The van der Waals surface area contributed by atoms with Crippen molar-refractivity contribution in [2.24, 2.45) is 0 Å². The first-order chi connectivity index (χ1) is 11.8. The molecule has 8 nitrogen and oxygen atoms in total. The third-order valence-corrected chi connectivity index (χ3v) is 4.00. The Balaban J connectivity index is 0. The zero-order valence-electron chi connectivity index (χ0n) is 15.9. The summed E-state index contributed by atoms with van der Waals surface area (Å²) in [6, 6.07) is 0. The number of aliphatic hydroxyl groups is 1. The van der Waals surface area contributed by atoms with Crippen LogP contribution in [0.3, 0.4) is 0 Å². The van der Waals surface area contributed by atoms with E-state index in [9.17, 15) is 24.6 Å². The number of nitrogens with zero attached hydrogens (tertiary/aromatic N) is 1. The zero-order chi connectivity index (χ0) is 19.1. The molecular weight excluding hydrogens is 335 g/mol. The second-order valence-corrected chi connectivity index (χ2v) is 6.04. The number of hydrogen-bond donors (Lipinski definition) is 3. The molecule has 0 aromatic heterocycles. The minimum atomic E-state index is -1.22. The van der Waals surface area contributed by atoms with Crippen LogP contribution in [-0.4, -0.2) is 71.9 Å². The molecule has 0 aliphatic heterocycles. The second kappa shape index (κ2) is 15.9. The third kappa shape index (κ3) is 13.9. The van der Waals surface area contributed by atoms with E-state index in [1.54, 1.807) is 6.08 Å². The van der Waals surface area contributed by atoms with Gasteiger partial charge in [0.1, 0.15) is 6.54 Å². The number of carboxylic acids is 2. The quantitative estimate of drug-likeness (QED) is 0.156. The fourth-order valence-electron chi connectivity index (χ4n) is 2.52. The van der Waals surface area contributed by atoms with E-state index in [0.717, 1.165) is 12.8 Å². The maximum Gasteiger partial charge on any atom is 1.00 e. The first-order valence-electron chi connectivity index (χ1n) is 8.64. The number of hydrogen-bond acceptors (Lipinski definition) is 5. The molecule has 0 spiro atoms. The van der Waals surface area contributed by atoms with Crippen LogP contribution in [0.25, 0.3) is 0 Å². The smallest absolute Gasteiger partial charge is 0.550 e. The molecule has 26 heavy (non-hydrogen) atoms. The topological polar surface area (TPSA) is 127 Å². The molecule has 0 saturated carbocycles. The van der Waals surface area contributed by atoms with Crippen LogP contribution in [0.4, 0.5) is 0 Å². The number of nitrogens with one attached hydrogen (secondary N) is 1. The third-order valence-electron chi connectivity index (χ3n) is 4.00. The number of quaternary nitrogens is 1. The summed E-state index contributed by atoms with van der Waals surface area (Å²) in [7, 11) is 0. The molecule has 0 aromatic rings. The van der Waals surface area contributed by atoms with Gasteiger partial charge in [0.25, 0.3) is 0 Å². The normalized spacial score (nSPS) is 13.0. The fraction of sp³-hybridized carbons (Fsp3) is 0.706. The van der Waals surface area contributed by atoms with Crippen LogP contribution in [0.15, 0.2) is 12.2 Å². The van der Waals surface area contributed by atoms with E-state index in [2.05, 4.69) is 5.32 Å². The van der Waals surface area contributed by atoms with Gasteiger partial charge in [0.05, 0.1) is 39.2 Å². The number of carbonyl (C=O) groups excluding carboxylic acids is 2. The van der Waals surface area contributed by atoms with E-state index in [1.165, 1.54) is 0 Å². The van der Waals surface area contributed by atoms with Crippen molar-refractivity contribution >= 4 is 17.8 Å². The molecule has 0 fully saturated rings. The number of carbonyl (C=O) groups is 3. The summed E-state index contributed by atoms with van der Waals surface area (Å²) in [5.74, 6) is -2.35. The van der Waals surface area contributed by atoms with E-state index < -0.39 is 11.9 Å². The summed E-state index contributed by atoms with van der Waals surface area (Å²) in [6.07, 6.45) is 5.58. The Morgan fingerprint density at radius 2 is 1.73 bits per heavy atom. The number of rotatable bonds is 15. The number of unbranched alkanes of at least 4 members (excludes halogenated alkanes) is 1. The summed E-state index contributed by atoms with van der Waals surface area (Å²) in [5, 5.41) is 31.7. The van der Waals surface area contributed by atoms with Crippen LogP contribution in [-0.2, 0) is 14.4 Å². The largest absolute Gasteiger partial charge is 1.00 e. The number of aliphatic carboxylic acids is 2. The van der Waals surface area contributed by atoms with Crippen molar-refractivity contribution in [2.75, 3.05) is 39.3 Å². The van der Waals surface area contributed by atoms with Gasteiger partial charge in [0, 0.05) is 18.8 Å². The van der Waals surface area contributed by atoms with E-state index in [4.69, 9.17) is 5.11 Å². The van der Waals surface area contributed by atoms with Crippen LogP contribution in [0.2, 0.25) is 0 Å². The Morgan fingerprint density at radius 3 is 2.27 bits per heavy atom. The van der Waals surface area contributed by atoms with Crippen molar-refractivity contribution in [2.45, 2.75) is 39.0 Å². The maximum atomic E-state index is 11.8. The predicted molar refractivity (Wildman–Crippen MR) is 90.4 cm³/mol. The molecule has 9 heteroatoms. The molecule has 0 bridgehead atoms. The number of allylic oxidation sites excluding steroid dienone is 1. The second-order valence-electron chi connectivity index (χ2n) is 6.04. The fourth-order valence-corrected chi connectivity index (χ4v) is 2.52. The minimum absolute atomic E-state index is 0. The molecule has 0 aliphatic rings. The van der Waals surface area contributed by atoms with Gasteiger partial charge in [-0.1, -0.05) is 25.5 Å². The van der Waals surface area contributed by atoms with Gasteiger partial charge in [-0.15, -0.1) is 0 Å². The molecular formula is C17H30LiN2O6+. The average molecular weight is 365 g/mol. The number of carboxylic acid groups (broad SMARTS) is 2. The van der Waals surface area contributed by atoms with E-state index >= 15 is 0 Å². The van der Waals surface area contributed by atoms with Gasteiger partial charge < -0.3 is 29.9 Å². The molecule has 144 valence electrons. The molecule has 3 N–H and O–H groups in total. The Hall–Kier alpha value is -1.33. The van der Waals surface area contributed by atoms with Crippen LogP contribution in [0.5, 0.6) is 0 Å².